The van der Waals surface area contributed by atoms with Gasteiger partial charge in [0.1, 0.15) is 5.82 Å². The Morgan fingerprint density at radius 2 is 2.03 bits per heavy atom. The molecule has 0 spiro atoms. The minimum atomic E-state index is -0.480. The number of carbonyl (C=O) groups is 1. The van der Waals surface area contributed by atoms with Crippen molar-refractivity contribution in [2.24, 2.45) is 0 Å². The molecular weight excluding hydrogens is 367 g/mol. The average Bonchev–Trinajstić information content (AvgIpc) is 2.74. The number of nitrogens with zero attached hydrogens (tertiary/aromatic N) is 3. The molecule has 0 bridgehead atoms. The van der Waals surface area contributed by atoms with E-state index in [4.69, 9.17) is 0 Å². The summed E-state index contributed by atoms with van der Waals surface area (Å²) >= 11 is 0. The molecule has 0 unspecified atom stereocenters. The quantitative estimate of drug-likeness (QED) is 0.702. The molecule has 2 heterocycles. The maximum Gasteiger partial charge on any atom is 0.256 e. The molecule has 0 saturated carbocycles. The standard InChI is InChI=1S/C23H23FN4O/c1-16-6-4-8-18(14-16)26-23-25-12-11-21(27-23)17-7-5-13-28(15-17)22(29)19-9-2-3-10-20(19)24/h2-4,6,8-12,14,17H,5,7,13,15H2,1H3,(H,25,26,27)/t17-/m1/s1. The lowest BCUT2D eigenvalue weighted by Gasteiger charge is -2.32. The molecule has 1 aliphatic heterocycles. The van der Waals surface area contributed by atoms with E-state index in [-0.39, 0.29) is 17.4 Å². The van der Waals surface area contributed by atoms with Crippen LogP contribution in [0.2, 0.25) is 0 Å². The van der Waals surface area contributed by atoms with E-state index in [0.717, 1.165) is 29.8 Å². The third kappa shape index (κ3) is 4.42. The number of hydrogen-bond donors (Lipinski definition) is 1. The maximum atomic E-state index is 14.0. The van der Waals surface area contributed by atoms with Crippen LogP contribution in [0.3, 0.4) is 0 Å². The third-order valence-electron chi connectivity index (χ3n) is 5.18. The molecular formula is C23H23FN4O. The zero-order valence-corrected chi connectivity index (χ0v) is 16.3. The van der Waals surface area contributed by atoms with Crippen molar-refractivity contribution in [2.75, 3.05) is 18.4 Å². The molecule has 1 fully saturated rings. The normalized spacial score (nSPS) is 16.5. The lowest BCUT2D eigenvalue weighted by atomic mass is 9.94. The molecule has 0 radical (unpaired) electrons. The van der Waals surface area contributed by atoms with Gasteiger partial charge in [0.05, 0.1) is 11.3 Å². The number of rotatable bonds is 4. The molecule has 1 aliphatic rings. The Morgan fingerprint density at radius 3 is 2.86 bits per heavy atom. The average molecular weight is 390 g/mol. The fraction of sp³-hybridized carbons (Fsp3) is 0.261. The summed E-state index contributed by atoms with van der Waals surface area (Å²) in [6, 6.07) is 16.0. The summed E-state index contributed by atoms with van der Waals surface area (Å²) in [5, 5.41) is 3.24. The predicted octanol–water partition coefficient (Wildman–Crippen LogP) is 4.69. The predicted molar refractivity (Wildman–Crippen MR) is 111 cm³/mol. The highest BCUT2D eigenvalue weighted by atomic mass is 19.1. The van der Waals surface area contributed by atoms with Gasteiger partial charge in [-0.15, -0.1) is 0 Å². The molecule has 1 aromatic heterocycles. The van der Waals surface area contributed by atoms with Gasteiger partial charge in [0.25, 0.3) is 5.91 Å². The number of aromatic nitrogens is 2. The van der Waals surface area contributed by atoms with Crippen LogP contribution in [0.5, 0.6) is 0 Å². The van der Waals surface area contributed by atoms with Gasteiger partial charge >= 0.3 is 0 Å². The minimum Gasteiger partial charge on any atom is -0.338 e. The molecule has 1 saturated heterocycles. The van der Waals surface area contributed by atoms with Crippen molar-refractivity contribution in [3.05, 3.63) is 83.4 Å². The van der Waals surface area contributed by atoms with Gasteiger partial charge in [0.2, 0.25) is 5.95 Å². The molecule has 5 nitrogen and oxygen atoms in total. The highest BCUT2D eigenvalue weighted by molar-refractivity contribution is 5.94. The highest BCUT2D eigenvalue weighted by Gasteiger charge is 2.27. The van der Waals surface area contributed by atoms with E-state index < -0.39 is 5.82 Å². The van der Waals surface area contributed by atoms with Crippen LogP contribution in [0, 0.1) is 12.7 Å². The molecule has 2 aromatic carbocycles. The van der Waals surface area contributed by atoms with Gasteiger partial charge in [-0.2, -0.15) is 0 Å². The monoisotopic (exact) mass is 390 g/mol. The number of likely N-dealkylation sites (tertiary alicyclic amines) is 1. The number of hydrogen-bond acceptors (Lipinski definition) is 4. The van der Waals surface area contributed by atoms with Crippen LogP contribution in [0.15, 0.2) is 60.8 Å². The Balaban J connectivity index is 1.50. The SMILES string of the molecule is Cc1cccc(Nc2nccc([C@@H]3CCCN(C(=O)c4ccccc4F)C3)n2)c1. The van der Waals surface area contributed by atoms with E-state index in [1.807, 2.05) is 37.3 Å². The van der Waals surface area contributed by atoms with Crippen LogP contribution < -0.4 is 5.32 Å². The van der Waals surface area contributed by atoms with E-state index in [0.29, 0.717) is 19.0 Å². The Kier molecular flexibility index (Phi) is 5.51. The summed E-state index contributed by atoms with van der Waals surface area (Å²) in [4.78, 5) is 23.5. The molecule has 1 atom stereocenters. The third-order valence-corrected chi connectivity index (χ3v) is 5.18. The van der Waals surface area contributed by atoms with Gasteiger partial charge in [-0.25, -0.2) is 14.4 Å². The summed E-state index contributed by atoms with van der Waals surface area (Å²) in [5.41, 5.74) is 3.10. The number of amides is 1. The van der Waals surface area contributed by atoms with Crippen molar-refractivity contribution in [1.82, 2.24) is 14.9 Å². The van der Waals surface area contributed by atoms with Gasteiger partial charge in [0, 0.05) is 30.9 Å². The molecule has 3 aromatic rings. The van der Waals surface area contributed by atoms with Crippen LogP contribution in [0.4, 0.5) is 16.0 Å². The van der Waals surface area contributed by atoms with E-state index in [1.165, 1.54) is 12.1 Å². The van der Waals surface area contributed by atoms with Crippen LogP contribution in [-0.2, 0) is 0 Å². The number of carbonyl (C=O) groups excluding carboxylic acids is 1. The first-order valence-electron chi connectivity index (χ1n) is 9.80. The summed E-state index contributed by atoms with van der Waals surface area (Å²) in [6.45, 7) is 3.18. The summed E-state index contributed by atoms with van der Waals surface area (Å²) in [7, 11) is 0. The van der Waals surface area contributed by atoms with Crippen molar-refractivity contribution in [3.63, 3.8) is 0 Å². The van der Waals surface area contributed by atoms with Crippen molar-refractivity contribution in [2.45, 2.75) is 25.7 Å². The van der Waals surface area contributed by atoms with Crippen molar-refractivity contribution >= 4 is 17.5 Å². The number of anilines is 2. The van der Waals surface area contributed by atoms with E-state index >= 15 is 0 Å². The number of halogens is 1. The fourth-order valence-electron chi connectivity index (χ4n) is 3.72. The fourth-order valence-corrected chi connectivity index (χ4v) is 3.72. The van der Waals surface area contributed by atoms with E-state index in [2.05, 4.69) is 15.3 Å². The number of benzene rings is 2. The summed E-state index contributed by atoms with van der Waals surface area (Å²) < 4.78 is 14.0. The smallest absolute Gasteiger partial charge is 0.256 e. The number of aryl methyl sites for hydroxylation is 1. The van der Waals surface area contributed by atoms with Crippen LogP contribution in [0.25, 0.3) is 0 Å². The molecule has 148 valence electrons. The minimum absolute atomic E-state index is 0.0977. The molecule has 1 amide bonds. The van der Waals surface area contributed by atoms with Crippen LogP contribution in [-0.4, -0.2) is 33.9 Å². The first-order valence-corrected chi connectivity index (χ1v) is 9.80. The Labute approximate surface area is 169 Å². The summed E-state index contributed by atoms with van der Waals surface area (Å²) in [5.74, 6) is -0.113. The maximum absolute atomic E-state index is 14.0. The molecule has 4 rings (SSSR count). The number of piperidine rings is 1. The Hall–Kier alpha value is -3.28. The van der Waals surface area contributed by atoms with Crippen LogP contribution >= 0.6 is 0 Å². The Bertz CT molecular complexity index is 1020. The zero-order valence-electron chi connectivity index (χ0n) is 16.3. The van der Waals surface area contributed by atoms with Gasteiger partial charge < -0.3 is 10.2 Å². The molecule has 29 heavy (non-hydrogen) atoms. The van der Waals surface area contributed by atoms with Gasteiger partial charge in [-0.1, -0.05) is 24.3 Å². The topological polar surface area (TPSA) is 58.1 Å². The largest absolute Gasteiger partial charge is 0.338 e. The van der Waals surface area contributed by atoms with Gasteiger partial charge in [-0.3, -0.25) is 4.79 Å². The van der Waals surface area contributed by atoms with E-state index in [1.54, 1.807) is 23.2 Å². The number of nitrogens with one attached hydrogen (secondary N) is 1. The van der Waals surface area contributed by atoms with Gasteiger partial charge in [0.15, 0.2) is 0 Å². The lowest BCUT2D eigenvalue weighted by molar-refractivity contribution is 0.0701. The van der Waals surface area contributed by atoms with Crippen molar-refractivity contribution in [3.8, 4) is 0 Å². The molecule has 0 aliphatic carbocycles. The lowest BCUT2D eigenvalue weighted by Crippen LogP contribution is -2.39. The zero-order chi connectivity index (χ0) is 20.2. The molecule has 6 heteroatoms. The second-order valence-electron chi connectivity index (χ2n) is 7.37. The van der Waals surface area contributed by atoms with Crippen molar-refractivity contribution < 1.29 is 9.18 Å². The Morgan fingerprint density at radius 1 is 1.17 bits per heavy atom. The highest BCUT2D eigenvalue weighted by Crippen LogP contribution is 2.27. The first-order chi connectivity index (χ1) is 14.1. The first kappa shape index (κ1) is 19.1. The van der Waals surface area contributed by atoms with Crippen LogP contribution in [0.1, 0.15) is 40.4 Å². The summed E-state index contributed by atoms with van der Waals surface area (Å²) in [6.07, 6.45) is 3.52. The van der Waals surface area contributed by atoms with E-state index in [9.17, 15) is 9.18 Å². The van der Waals surface area contributed by atoms with Crippen molar-refractivity contribution in [1.29, 1.82) is 0 Å². The van der Waals surface area contributed by atoms with Gasteiger partial charge in [-0.05, 0) is 55.7 Å². The molecule has 1 N–H and O–H groups in total. The second-order valence-corrected chi connectivity index (χ2v) is 7.37. The second kappa shape index (κ2) is 8.39.